The number of H-pyrrole nitrogens is 1. The molecule has 0 radical (unpaired) electrons. The average Bonchev–Trinajstić information content (AvgIpc) is 3.09. The summed E-state index contributed by atoms with van der Waals surface area (Å²) in [6.07, 6.45) is 3.15. The second-order valence-corrected chi connectivity index (χ2v) is 7.28. The van der Waals surface area contributed by atoms with Gasteiger partial charge in [0, 0.05) is 17.1 Å². The van der Waals surface area contributed by atoms with Crippen LogP contribution >= 0.6 is 0 Å². The highest BCUT2D eigenvalue weighted by atomic mass is 32.2. The van der Waals surface area contributed by atoms with Crippen LogP contribution in [0.15, 0.2) is 65.6 Å². The fraction of sp³-hybridized carbons (Fsp3) is 0.111. The molecule has 1 aromatic heterocycles. The van der Waals surface area contributed by atoms with Crippen LogP contribution in [0.3, 0.4) is 0 Å². The third kappa shape index (κ3) is 2.99. The molecule has 1 aliphatic rings. The van der Waals surface area contributed by atoms with Gasteiger partial charge in [0.2, 0.25) is 0 Å². The Balaban J connectivity index is 1.52. The van der Waals surface area contributed by atoms with Crippen LogP contribution in [-0.2, 0) is 14.3 Å². The first-order valence-corrected chi connectivity index (χ1v) is 9.03. The summed E-state index contributed by atoms with van der Waals surface area (Å²) < 4.78 is 40.9. The van der Waals surface area contributed by atoms with E-state index in [1.807, 2.05) is 19.1 Å². The number of hydrogen-bond donors (Lipinski definition) is 1. The molecule has 0 unspecified atom stereocenters. The number of aryl methyl sites for hydroxylation is 1. The molecule has 2 aromatic carbocycles. The normalized spacial score (nSPS) is 13.7. The third-order valence-corrected chi connectivity index (χ3v) is 5.14. The van der Waals surface area contributed by atoms with Gasteiger partial charge in [0.1, 0.15) is 12.9 Å². The van der Waals surface area contributed by atoms with Crippen LogP contribution in [0.4, 0.5) is 0 Å². The second-order valence-electron chi connectivity index (χ2n) is 5.67. The lowest BCUT2D eigenvalue weighted by atomic mass is 10.2. The Bertz CT molecular complexity index is 1060. The zero-order valence-corrected chi connectivity index (χ0v) is 14.2. The number of aromatic amines is 1. The van der Waals surface area contributed by atoms with E-state index >= 15 is 0 Å². The van der Waals surface area contributed by atoms with Gasteiger partial charge in [0.05, 0.1) is 4.90 Å². The van der Waals surface area contributed by atoms with Crippen molar-refractivity contribution in [1.82, 2.24) is 4.98 Å². The van der Waals surface area contributed by atoms with Crippen molar-refractivity contribution in [1.29, 1.82) is 0 Å². The Hall–Kier alpha value is -2.77. The molecule has 2 heterocycles. The van der Waals surface area contributed by atoms with E-state index < -0.39 is 10.1 Å². The number of benzene rings is 2. The van der Waals surface area contributed by atoms with Gasteiger partial charge in [-0.2, -0.15) is 8.42 Å². The maximum Gasteiger partial charge on any atom is 0.297 e. The molecule has 0 aliphatic carbocycles. The van der Waals surface area contributed by atoms with Crippen molar-refractivity contribution in [3.8, 4) is 11.5 Å². The molecule has 1 N–H and O–H groups in total. The molecule has 4 rings (SSSR count). The SMILES string of the molecule is Cc1ccc(S(=O)(=O)OCC2=COc3ccc4[nH]ccc4c3O2)cc1. The van der Waals surface area contributed by atoms with E-state index in [1.165, 1.54) is 18.4 Å². The number of rotatable bonds is 4. The van der Waals surface area contributed by atoms with Gasteiger partial charge in [-0.15, -0.1) is 0 Å². The maximum absolute atomic E-state index is 12.3. The second kappa shape index (κ2) is 5.94. The number of fused-ring (bicyclic) bond motifs is 3. The molecule has 0 saturated heterocycles. The van der Waals surface area contributed by atoms with E-state index in [0.29, 0.717) is 11.5 Å². The van der Waals surface area contributed by atoms with Gasteiger partial charge in [-0.05, 0) is 37.3 Å². The number of aromatic nitrogens is 1. The van der Waals surface area contributed by atoms with Crippen molar-refractivity contribution >= 4 is 21.0 Å². The lowest BCUT2D eigenvalue weighted by molar-refractivity contribution is 0.251. The highest BCUT2D eigenvalue weighted by Crippen LogP contribution is 2.39. The Morgan fingerprint density at radius 2 is 1.88 bits per heavy atom. The van der Waals surface area contributed by atoms with Crippen LogP contribution in [0.1, 0.15) is 5.56 Å². The lowest BCUT2D eigenvalue weighted by Crippen LogP contribution is -2.14. The van der Waals surface area contributed by atoms with Crippen LogP contribution in [0.25, 0.3) is 10.9 Å². The number of nitrogens with one attached hydrogen (secondary N) is 1. The highest BCUT2D eigenvalue weighted by molar-refractivity contribution is 7.86. The predicted molar refractivity (Wildman–Crippen MR) is 92.0 cm³/mol. The largest absolute Gasteiger partial charge is 0.457 e. The van der Waals surface area contributed by atoms with Gasteiger partial charge in [-0.1, -0.05) is 17.7 Å². The molecule has 0 spiro atoms. The maximum atomic E-state index is 12.3. The molecule has 0 atom stereocenters. The third-order valence-electron chi connectivity index (χ3n) is 3.87. The standard InChI is InChI=1S/C18H15NO5S/c1-12-2-4-14(5-3-12)25(20,21)23-11-13-10-22-17-7-6-16-15(8-9-19-16)18(17)24-13/h2-10,19H,11H2,1H3. The summed E-state index contributed by atoms with van der Waals surface area (Å²) in [7, 11) is -3.87. The summed E-state index contributed by atoms with van der Waals surface area (Å²) in [6, 6.07) is 12.0. The first-order chi connectivity index (χ1) is 12.0. The Morgan fingerprint density at radius 3 is 2.68 bits per heavy atom. The van der Waals surface area contributed by atoms with Gasteiger partial charge < -0.3 is 14.5 Å². The van der Waals surface area contributed by atoms with Crippen molar-refractivity contribution in [3.05, 3.63) is 66.2 Å². The number of hydrogen-bond acceptors (Lipinski definition) is 5. The summed E-state index contributed by atoms with van der Waals surface area (Å²) in [5.74, 6) is 1.38. The molecule has 0 fully saturated rings. The van der Waals surface area contributed by atoms with E-state index in [9.17, 15) is 8.42 Å². The van der Waals surface area contributed by atoms with E-state index in [4.69, 9.17) is 13.7 Å². The predicted octanol–water partition coefficient (Wildman–Crippen LogP) is 3.49. The minimum absolute atomic E-state index is 0.101. The van der Waals surface area contributed by atoms with Gasteiger partial charge in [-0.25, -0.2) is 0 Å². The van der Waals surface area contributed by atoms with Gasteiger partial charge in [0.25, 0.3) is 10.1 Å². The Morgan fingerprint density at radius 1 is 1.08 bits per heavy atom. The molecule has 128 valence electrons. The highest BCUT2D eigenvalue weighted by Gasteiger charge is 2.21. The van der Waals surface area contributed by atoms with E-state index in [0.717, 1.165) is 16.5 Å². The molecule has 7 heteroatoms. The van der Waals surface area contributed by atoms with Crippen molar-refractivity contribution in [2.45, 2.75) is 11.8 Å². The van der Waals surface area contributed by atoms with E-state index in [1.54, 1.807) is 24.4 Å². The van der Waals surface area contributed by atoms with Crippen molar-refractivity contribution in [2.24, 2.45) is 0 Å². The average molecular weight is 357 g/mol. The molecule has 0 bridgehead atoms. The first-order valence-electron chi connectivity index (χ1n) is 7.63. The fourth-order valence-corrected chi connectivity index (χ4v) is 3.42. The van der Waals surface area contributed by atoms with Crippen LogP contribution < -0.4 is 9.47 Å². The first kappa shape index (κ1) is 15.7. The van der Waals surface area contributed by atoms with E-state index in [2.05, 4.69) is 4.98 Å². The van der Waals surface area contributed by atoms with Gasteiger partial charge in [0.15, 0.2) is 17.3 Å². The van der Waals surface area contributed by atoms with Gasteiger partial charge >= 0.3 is 0 Å². The molecule has 3 aromatic rings. The quantitative estimate of drug-likeness (QED) is 0.723. The molecule has 25 heavy (non-hydrogen) atoms. The number of ether oxygens (including phenoxy) is 2. The van der Waals surface area contributed by atoms with Crippen molar-refractivity contribution in [2.75, 3.05) is 6.61 Å². The summed E-state index contributed by atoms with van der Waals surface area (Å²) in [6.45, 7) is 1.63. The van der Waals surface area contributed by atoms with E-state index in [-0.39, 0.29) is 17.3 Å². The topological polar surface area (TPSA) is 77.6 Å². The zero-order valence-electron chi connectivity index (χ0n) is 13.4. The Labute approximate surface area is 144 Å². The molecule has 0 amide bonds. The molecular formula is C18H15NO5S. The van der Waals surface area contributed by atoms with Crippen LogP contribution in [0, 0.1) is 6.92 Å². The van der Waals surface area contributed by atoms with Crippen LogP contribution in [0.2, 0.25) is 0 Å². The monoisotopic (exact) mass is 357 g/mol. The minimum atomic E-state index is -3.87. The fourth-order valence-electron chi connectivity index (χ4n) is 2.54. The lowest BCUT2D eigenvalue weighted by Gasteiger charge is -2.18. The summed E-state index contributed by atoms with van der Waals surface area (Å²) >= 11 is 0. The summed E-state index contributed by atoms with van der Waals surface area (Å²) in [5.41, 5.74) is 1.87. The summed E-state index contributed by atoms with van der Waals surface area (Å²) in [4.78, 5) is 3.19. The summed E-state index contributed by atoms with van der Waals surface area (Å²) in [5, 5.41) is 0.851. The molecule has 0 saturated carbocycles. The smallest absolute Gasteiger partial charge is 0.297 e. The Kier molecular flexibility index (Phi) is 3.74. The van der Waals surface area contributed by atoms with Crippen LogP contribution in [-0.4, -0.2) is 20.0 Å². The van der Waals surface area contributed by atoms with Crippen LogP contribution in [0.5, 0.6) is 11.5 Å². The minimum Gasteiger partial charge on any atom is -0.457 e. The zero-order chi connectivity index (χ0) is 17.4. The molecule has 1 aliphatic heterocycles. The van der Waals surface area contributed by atoms with Crippen molar-refractivity contribution < 1.29 is 22.1 Å². The molecule has 6 nitrogen and oxygen atoms in total. The van der Waals surface area contributed by atoms with Gasteiger partial charge in [-0.3, -0.25) is 4.18 Å². The molecular weight excluding hydrogens is 342 g/mol. The van der Waals surface area contributed by atoms with Crippen molar-refractivity contribution in [3.63, 3.8) is 0 Å².